The first-order valence-corrected chi connectivity index (χ1v) is 8.85. The number of carbonyl (C=O) groups is 1. The third-order valence-corrected chi connectivity index (χ3v) is 4.85. The molecule has 1 saturated heterocycles. The maximum atomic E-state index is 14.6. The molecule has 0 aromatic heterocycles. The van der Waals surface area contributed by atoms with Gasteiger partial charge in [-0.25, -0.2) is 13.6 Å². The van der Waals surface area contributed by atoms with Crippen molar-refractivity contribution in [2.24, 2.45) is 0 Å². The molecule has 0 radical (unpaired) electrons. The Balaban J connectivity index is 2.26. The Morgan fingerprint density at radius 3 is 2.15 bits per heavy atom. The maximum absolute atomic E-state index is 14.6. The van der Waals surface area contributed by atoms with Gasteiger partial charge in [-0.2, -0.15) is 0 Å². The van der Waals surface area contributed by atoms with Gasteiger partial charge in [-0.1, -0.05) is 12.2 Å². The lowest BCUT2D eigenvalue weighted by Crippen LogP contribution is -2.41. The van der Waals surface area contributed by atoms with Crippen LogP contribution in [0, 0.1) is 11.6 Å². The third-order valence-electron chi connectivity index (χ3n) is 4.85. The molecular weight excluding hydrogens is 353 g/mol. The highest BCUT2D eigenvalue weighted by Gasteiger charge is 2.52. The summed E-state index contributed by atoms with van der Waals surface area (Å²) in [5.41, 5.74) is -0.745. The Morgan fingerprint density at radius 2 is 1.67 bits per heavy atom. The largest absolute Gasteiger partial charge is 0.495 e. The molecule has 1 aromatic carbocycles. The number of ether oxygens (including phenoxy) is 1. The van der Waals surface area contributed by atoms with Gasteiger partial charge in [-0.05, 0) is 64.7 Å². The molecule has 27 heavy (non-hydrogen) atoms. The van der Waals surface area contributed by atoms with E-state index in [0.717, 1.165) is 0 Å². The van der Waals surface area contributed by atoms with Crippen molar-refractivity contribution in [1.29, 1.82) is 0 Å². The van der Waals surface area contributed by atoms with Crippen molar-refractivity contribution < 1.29 is 27.6 Å². The van der Waals surface area contributed by atoms with E-state index in [1.54, 1.807) is 13.8 Å². The number of rotatable bonds is 5. The van der Waals surface area contributed by atoms with Gasteiger partial charge in [0.15, 0.2) is 0 Å². The van der Waals surface area contributed by atoms with Crippen LogP contribution in [0.1, 0.15) is 47.1 Å². The summed E-state index contributed by atoms with van der Waals surface area (Å²) in [5, 5.41) is 0. The van der Waals surface area contributed by atoms with Gasteiger partial charge in [-0.15, -0.1) is 0 Å². The number of allylic oxidation sites excluding steroid dienone is 3. The van der Waals surface area contributed by atoms with E-state index >= 15 is 0 Å². The Kier molecular flexibility index (Phi) is 6.27. The van der Waals surface area contributed by atoms with Crippen molar-refractivity contribution >= 4 is 24.1 Å². The molecule has 0 N–H and O–H groups in total. The summed E-state index contributed by atoms with van der Waals surface area (Å²) in [7, 11) is -0.846. The molecule has 2 rings (SSSR count). The third kappa shape index (κ3) is 4.65. The smallest absolute Gasteiger partial charge is 0.463 e. The fourth-order valence-electron chi connectivity index (χ4n) is 2.63. The Bertz CT molecular complexity index is 745. The molecular formula is C20H25BF2O4. The normalized spacial score (nSPS) is 19.0. The van der Waals surface area contributed by atoms with Gasteiger partial charge in [0.1, 0.15) is 11.6 Å². The van der Waals surface area contributed by atoms with Crippen LogP contribution in [0.4, 0.5) is 8.78 Å². The predicted molar refractivity (Wildman–Crippen MR) is 101 cm³/mol. The van der Waals surface area contributed by atoms with Crippen molar-refractivity contribution in [3.8, 4) is 0 Å². The van der Waals surface area contributed by atoms with Gasteiger partial charge in [0.05, 0.1) is 17.8 Å². The van der Waals surface area contributed by atoms with E-state index in [0.29, 0.717) is 5.57 Å². The molecule has 0 bridgehead atoms. The Labute approximate surface area is 159 Å². The number of halogens is 2. The standard InChI is InChI=1S/C20H25BF2O4/c1-7-25-17(24)10-8-9-13(2)18-15(22)11-14(12-16(18)23)21-26-19(3,4)20(5,6)27-21/h8-12H,7H2,1-6H3/b10-8+,13-9?. The fourth-order valence-corrected chi connectivity index (χ4v) is 2.63. The molecule has 7 heteroatoms. The van der Waals surface area contributed by atoms with E-state index in [1.807, 2.05) is 27.7 Å². The van der Waals surface area contributed by atoms with Crippen LogP contribution < -0.4 is 5.46 Å². The van der Waals surface area contributed by atoms with Crippen LogP contribution in [0.15, 0.2) is 30.4 Å². The lowest BCUT2D eigenvalue weighted by atomic mass is 9.78. The summed E-state index contributed by atoms with van der Waals surface area (Å²) in [6.07, 6.45) is 4.04. The quantitative estimate of drug-likeness (QED) is 0.339. The van der Waals surface area contributed by atoms with E-state index in [2.05, 4.69) is 0 Å². The minimum Gasteiger partial charge on any atom is -0.463 e. The van der Waals surface area contributed by atoms with Gasteiger partial charge < -0.3 is 14.0 Å². The van der Waals surface area contributed by atoms with Crippen molar-refractivity contribution in [1.82, 2.24) is 0 Å². The van der Waals surface area contributed by atoms with Crippen LogP contribution >= 0.6 is 0 Å². The molecule has 0 spiro atoms. The molecule has 0 amide bonds. The number of hydrogen-bond donors (Lipinski definition) is 0. The minimum atomic E-state index is -0.846. The number of esters is 1. The zero-order valence-corrected chi connectivity index (χ0v) is 16.6. The first-order chi connectivity index (χ1) is 12.5. The summed E-state index contributed by atoms with van der Waals surface area (Å²) in [6, 6.07) is 2.43. The van der Waals surface area contributed by atoms with Crippen molar-refractivity contribution in [2.75, 3.05) is 6.61 Å². The SMILES string of the molecule is CCOC(=O)/C=C/C=C(C)c1c(F)cc(B2OC(C)(C)C(C)(C)O2)cc1F. The highest BCUT2D eigenvalue weighted by atomic mass is 19.1. The molecule has 0 saturated carbocycles. The zero-order chi connectivity index (χ0) is 20.4. The second kappa shape index (κ2) is 7.94. The monoisotopic (exact) mass is 378 g/mol. The van der Waals surface area contributed by atoms with Crippen molar-refractivity contribution in [3.05, 3.63) is 47.6 Å². The summed E-state index contributed by atoms with van der Waals surface area (Å²) in [6.45, 7) is 11.0. The molecule has 1 aromatic rings. The average molecular weight is 378 g/mol. The zero-order valence-electron chi connectivity index (χ0n) is 16.6. The predicted octanol–water partition coefficient (Wildman–Crippen LogP) is 3.79. The van der Waals surface area contributed by atoms with E-state index in [1.165, 1.54) is 30.4 Å². The fraction of sp³-hybridized carbons (Fsp3) is 0.450. The topological polar surface area (TPSA) is 44.8 Å². The molecule has 1 heterocycles. The first-order valence-electron chi connectivity index (χ1n) is 8.85. The van der Waals surface area contributed by atoms with E-state index in [9.17, 15) is 13.6 Å². The maximum Gasteiger partial charge on any atom is 0.495 e. The summed E-state index contributed by atoms with van der Waals surface area (Å²) >= 11 is 0. The summed E-state index contributed by atoms with van der Waals surface area (Å²) in [4.78, 5) is 11.3. The summed E-state index contributed by atoms with van der Waals surface area (Å²) in [5.74, 6) is -1.96. The second-order valence-electron chi connectivity index (χ2n) is 7.41. The van der Waals surface area contributed by atoms with Gasteiger partial charge in [-0.3, -0.25) is 0 Å². The Morgan fingerprint density at radius 1 is 1.15 bits per heavy atom. The highest BCUT2D eigenvalue weighted by Crippen LogP contribution is 2.36. The minimum absolute atomic E-state index is 0.163. The molecule has 0 unspecified atom stereocenters. The van der Waals surface area contributed by atoms with Crippen molar-refractivity contribution in [2.45, 2.75) is 52.7 Å². The number of carbonyl (C=O) groups excluding carboxylic acids is 1. The molecule has 0 aliphatic carbocycles. The first kappa shape index (κ1) is 21.3. The highest BCUT2D eigenvalue weighted by molar-refractivity contribution is 6.62. The molecule has 1 aliphatic rings. The molecule has 1 fully saturated rings. The second-order valence-corrected chi connectivity index (χ2v) is 7.41. The van der Waals surface area contributed by atoms with Gasteiger partial charge >= 0.3 is 13.1 Å². The summed E-state index contributed by atoms with van der Waals surface area (Å²) < 4.78 is 45.6. The Hall–Kier alpha value is -1.99. The lowest BCUT2D eigenvalue weighted by molar-refractivity contribution is -0.137. The van der Waals surface area contributed by atoms with Gasteiger partial charge in [0, 0.05) is 11.6 Å². The molecule has 0 atom stereocenters. The lowest BCUT2D eigenvalue weighted by Gasteiger charge is -2.32. The van der Waals surface area contributed by atoms with Crippen LogP contribution in [-0.4, -0.2) is 30.9 Å². The van der Waals surface area contributed by atoms with Crippen LogP contribution in [0.2, 0.25) is 0 Å². The van der Waals surface area contributed by atoms with Crippen LogP contribution in [-0.2, 0) is 18.8 Å². The van der Waals surface area contributed by atoms with Gasteiger partial charge in [0.2, 0.25) is 0 Å². The van der Waals surface area contributed by atoms with E-state index in [-0.39, 0.29) is 17.6 Å². The molecule has 146 valence electrons. The van der Waals surface area contributed by atoms with Crippen molar-refractivity contribution in [3.63, 3.8) is 0 Å². The van der Waals surface area contributed by atoms with Crippen LogP contribution in [0.5, 0.6) is 0 Å². The molecule has 4 nitrogen and oxygen atoms in total. The van der Waals surface area contributed by atoms with E-state index < -0.39 is 35.9 Å². The average Bonchev–Trinajstić information content (AvgIpc) is 2.75. The van der Waals surface area contributed by atoms with Crippen LogP contribution in [0.25, 0.3) is 5.57 Å². The van der Waals surface area contributed by atoms with Crippen LogP contribution in [0.3, 0.4) is 0 Å². The van der Waals surface area contributed by atoms with E-state index in [4.69, 9.17) is 14.0 Å². The number of benzene rings is 1. The molecule has 1 aliphatic heterocycles. The van der Waals surface area contributed by atoms with Gasteiger partial charge in [0.25, 0.3) is 0 Å². The number of hydrogen-bond acceptors (Lipinski definition) is 4.